The fourth-order valence-electron chi connectivity index (χ4n) is 1.63. The Morgan fingerprint density at radius 2 is 1.95 bits per heavy atom. The van der Waals surface area contributed by atoms with Crippen molar-refractivity contribution in [3.63, 3.8) is 0 Å². The highest BCUT2D eigenvalue weighted by molar-refractivity contribution is 7.17. The standard InChI is InChI=1S/C14H14ClN3O3S/c1-21-10-5-3-2-4-9(10)16-8-13(19)17-18-14(20)11-6-7-12(15)22-11/h2-7,16H,8H2,1H3,(H,17,19)(H,18,20). The van der Waals surface area contributed by atoms with Gasteiger partial charge in [0.25, 0.3) is 11.8 Å². The number of hydrogen-bond donors (Lipinski definition) is 3. The van der Waals surface area contributed by atoms with Gasteiger partial charge in [-0.05, 0) is 24.3 Å². The number of hydrazine groups is 1. The number of rotatable bonds is 5. The van der Waals surface area contributed by atoms with Crippen molar-refractivity contribution < 1.29 is 14.3 Å². The highest BCUT2D eigenvalue weighted by atomic mass is 35.5. The minimum atomic E-state index is -0.414. The second-order valence-corrected chi connectivity index (χ2v) is 5.87. The number of thiophene rings is 1. The molecule has 0 saturated carbocycles. The van der Waals surface area contributed by atoms with Crippen LogP contribution in [0.3, 0.4) is 0 Å². The van der Waals surface area contributed by atoms with Crippen molar-refractivity contribution in [1.29, 1.82) is 0 Å². The lowest BCUT2D eigenvalue weighted by Crippen LogP contribution is -2.43. The highest BCUT2D eigenvalue weighted by Gasteiger charge is 2.10. The average Bonchev–Trinajstić information content (AvgIpc) is 2.97. The molecule has 0 bridgehead atoms. The van der Waals surface area contributed by atoms with Crippen LogP contribution in [-0.2, 0) is 4.79 Å². The smallest absolute Gasteiger partial charge is 0.279 e. The number of anilines is 1. The van der Waals surface area contributed by atoms with Crippen LogP contribution >= 0.6 is 22.9 Å². The van der Waals surface area contributed by atoms with Crippen molar-refractivity contribution in [3.05, 3.63) is 45.6 Å². The van der Waals surface area contributed by atoms with Crippen LogP contribution in [0.15, 0.2) is 36.4 Å². The van der Waals surface area contributed by atoms with Gasteiger partial charge in [0.05, 0.1) is 28.6 Å². The van der Waals surface area contributed by atoms with E-state index in [0.29, 0.717) is 20.7 Å². The molecule has 0 unspecified atom stereocenters. The first-order valence-corrected chi connectivity index (χ1v) is 7.51. The number of amides is 2. The lowest BCUT2D eigenvalue weighted by Gasteiger charge is -2.11. The molecule has 2 rings (SSSR count). The summed E-state index contributed by atoms with van der Waals surface area (Å²) in [5, 5.41) is 2.92. The number of benzene rings is 1. The monoisotopic (exact) mass is 339 g/mol. The molecule has 0 fully saturated rings. The minimum Gasteiger partial charge on any atom is -0.495 e. The topological polar surface area (TPSA) is 79.5 Å². The molecule has 1 heterocycles. The Morgan fingerprint density at radius 1 is 1.18 bits per heavy atom. The van der Waals surface area contributed by atoms with E-state index in [1.165, 1.54) is 0 Å². The number of nitrogens with one attached hydrogen (secondary N) is 3. The van der Waals surface area contributed by atoms with Crippen LogP contribution in [0.5, 0.6) is 5.75 Å². The zero-order valence-electron chi connectivity index (χ0n) is 11.7. The van der Waals surface area contributed by atoms with Crippen LogP contribution in [-0.4, -0.2) is 25.5 Å². The van der Waals surface area contributed by atoms with Crippen LogP contribution in [0.2, 0.25) is 4.34 Å². The molecular weight excluding hydrogens is 326 g/mol. The first kappa shape index (κ1) is 16.1. The van der Waals surface area contributed by atoms with Gasteiger partial charge in [0.1, 0.15) is 5.75 Å². The fourth-order valence-corrected chi connectivity index (χ4v) is 2.57. The molecule has 2 amide bonds. The summed E-state index contributed by atoms with van der Waals surface area (Å²) in [6.45, 7) is -0.00809. The van der Waals surface area contributed by atoms with E-state index in [1.807, 2.05) is 12.1 Å². The Balaban J connectivity index is 1.80. The summed E-state index contributed by atoms with van der Waals surface area (Å²) in [7, 11) is 1.55. The summed E-state index contributed by atoms with van der Waals surface area (Å²) in [5.74, 6) is -0.169. The van der Waals surface area contributed by atoms with Crippen molar-refractivity contribution in [2.75, 3.05) is 19.0 Å². The lowest BCUT2D eigenvalue weighted by atomic mass is 10.3. The van der Waals surface area contributed by atoms with E-state index >= 15 is 0 Å². The predicted molar refractivity (Wildman–Crippen MR) is 86.4 cm³/mol. The van der Waals surface area contributed by atoms with Gasteiger partial charge in [-0.3, -0.25) is 20.4 Å². The molecule has 0 aliphatic rings. The Kier molecular flexibility index (Phi) is 5.62. The van der Waals surface area contributed by atoms with Crippen LogP contribution in [0, 0.1) is 0 Å². The van der Waals surface area contributed by atoms with Crippen molar-refractivity contribution in [3.8, 4) is 5.75 Å². The van der Waals surface area contributed by atoms with E-state index in [0.717, 1.165) is 11.3 Å². The molecule has 116 valence electrons. The van der Waals surface area contributed by atoms with Crippen molar-refractivity contribution in [2.45, 2.75) is 0 Å². The highest BCUT2D eigenvalue weighted by Crippen LogP contribution is 2.22. The molecular formula is C14H14ClN3O3S. The summed E-state index contributed by atoms with van der Waals surface area (Å²) in [6, 6.07) is 10.4. The SMILES string of the molecule is COc1ccccc1NCC(=O)NNC(=O)c1ccc(Cl)s1. The van der Waals surface area contributed by atoms with E-state index < -0.39 is 5.91 Å². The van der Waals surface area contributed by atoms with E-state index in [2.05, 4.69) is 16.2 Å². The quantitative estimate of drug-likeness (QED) is 0.730. The van der Waals surface area contributed by atoms with Gasteiger partial charge in [-0.15, -0.1) is 11.3 Å². The normalized spacial score (nSPS) is 9.91. The first-order valence-electron chi connectivity index (χ1n) is 6.31. The number of methoxy groups -OCH3 is 1. The zero-order valence-corrected chi connectivity index (χ0v) is 13.3. The van der Waals surface area contributed by atoms with E-state index in [4.69, 9.17) is 16.3 Å². The minimum absolute atomic E-state index is 0.00809. The van der Waals surface area contributed by atoms with Gasteiger partial charge in [0, 0.05) is 0 Å². The van der Waals surface area contributed by atoms with Gasteiger partial charge in [-0.25, -0.2) is 0 Å². The maximum absolute atomic E-state index is 11.7. The maximum atomic E-state index is 11.7. The number of halogens is 1. The number of para-hydroxylation sites is 2. The van der Waals surface area contributed by atoms with Crippen LogP contribution < -0.4 is 20.9 Å². The molecule has 0 atom stereocenters. The molecule has 8 heteroatoms. The lowest BCUT2D eigenvalue weighted by molar-refractivity contribution is -0.120. The molecule has 22 heavy (non-hydrogen) atoms. The zero-order chi connectivity index (χ0) is 15.9. The first-order chi connectivity index (χ1) is 10.6. The number of carbonyl (C=O) groups excluding carboxylic acids is 2. The molecule has 1 aromatic carbocycles. The summed E-state index contributed by atoms with van der Waals surface area (Å²) in [5.41, 5.74) is 5.33. The number of hydrogen-bond acceptors (Lipinski definition) is 5. The third kappa shape index (κ3) is 4.37. The van der Waals surface area contributed by atoms with Gasteiger partial charge >= 0.3 is 0 Å². The van der Waals surface area contributed by atoms with Crippen molar-refractivity contribution >= 4 is 40.4 Å². The second-order valence-electron chi connectivity index (χ2n) is 4.16. The molecule has 0 spiro atoms. The molecule has 1 aromatic heterocycles. The molecule has 6 nitrogen and oxygen atoms in total. The number of ether oxygens (including phenoxy) is 1. The van der Waals surface area contributed by atoms with Gasteiger partial charge in [0.15, 0.2) is 0 Å². The van der Waals surface area contributed by atoms with Crippen molar-refractivity contribution in [2.24, 2.45) is 0 Å². The summed E-state index contributed by atoms with van der Waals surface area (Å²) < 4.78 is 5.67. The van der Waals surface area contributed by atoms with Gasteiger partial charge in [0.2, 0.25) is 0 Å². The number of carbonyl (C=O) groups is 2. The second kappa shape index (κ2) is 7.67. The molecule has 0 aliphatic heterocycles. The molecule has 0 aliphatic carbocycles. The largest absolute Gasteiger partial charge is 0.495 e. The van der Waals surface area contributed by atoms with Crippen LogP contribution in [0.25, 0.3) is 0 Å². The Hall–Kier alpha value is -2.25. The maximum Gasteiger partial charge on any atom is 0.279 e. The predicted octanol–water partition coefficient (Wildman–Crippen LogP) is 2.28. The summed E-state index contributed by atoms with van der Waals surface area (Å²) in [6.07, 6.45) is 0. The van der Waals surface area contributed by atoms with Crippen molar-refractivity contribution in [1.82, 2.24) is 10.9 Å². The van der Waals surface area contributed by atoms with Gasteiger partial charge in [-0.2, -0.15) is 0 Å². The average molecular weight is 340 g/mol. The van der Waals surface area contributed by atoms with E-state index in [-0.39, 0.29) is 12.5 Å². The van der Waals surface area contributed by atoms with E-state index in [9.17, 15) is 9.59 Å². The van der Waals surface area contributed by atoms with Crippen LogP contribution in [0.1, 0.15) is 9.67 Å². The Morgan fingerprint density at radius 3 is 2.64 bits per heavy atom. The molecule has 0 saturated heterocycles. The summed E-state index contributed by atoms with van der Waals surface area (Å²) in [4.78, 5) is 23.8. The molecule has 2 aromatic rings. The van der Waals surface area contributed by atoms with Gasteiger partial charge < -0.3 is 10.1 Å². The molecule has 0 radical (unpaired) electrons. The fraction of sp³-hybridized carbons (Fsp3) is 0.143. The third-order valence-corrected chi connectivity index (χ3v) is 3.89. The summed E-state index contributed by atoms with van der Waals surface area (Å²) >= 11 is 6.88. The third-order valence-electron chi connectivity index (χ3n) is 2.66. The van der Waals surface area contributed by atoms with E-state index in [1.54, 1.807) is 31.4 Å². The Bertz CT molecular complexity index is 675. The Labute approximate surface area is 136 Å². The molecule has 3 N–H and O–H groups in total. The van der Waals surface area contributed by atoms with Crippen LogP contribution in [0.4, 0.5) is 5.69 Å². The van der Waals surface area contributed by atoms with Gasteiger partial charge in [-0.1, -0.05) is 23.7 Å².